The van der Waals surface area contributed by atoms with E-state index in [0.717, 1.165) is 29.3 Å². The Morgan fingerprint density at radius 2 is 1.68 bits per heavy atom. The first kappa shape index (κ1) is 36.5. The van der Waals surface area contributed by atoms with Gasteiger partial charge in [0.05, 0.1) is 18.2 Å². The second-order valence-corrected chi connectivity index (χ2v) is 15.9. The molecule has 2 saturated carbocycles. The maximum atomic E-state index is 13.6. The molecule has 6 rings (SSSR count). The van der Waals surface area contributed by atoms with Gasteiger partial charge >= 0.3 is 11.9 Å². The van der Waals surface area contributed by atoms with Crippen molar-refractivity contribution in [2.24, 2.45) is 11.8 Å². The predicted molar refractivity (Wildman–Crippen MR) is 191 cm³/mol. The minimum atomic E-state index is -0.710. The summed E-state index contributed by atoms with van der Waals surface area (Å²) in [7, 11) is 0. The molecule has 2 amide bonds. The molecule has 0 unspecified atom stereocenters. The molecule has 4 atom stereocenters. The van der Waals surface area contributed by atoms with Gasteiger partial charge in [0.1, 0.15) is 23.9 Å². The van der Waals surface area contributed by atoms with Crippen molar-refractivity contribution in [3.63, 3.8) is 0 Å². The standard InChI is InChI=1S/C38H45IN2O9/c1-37(2,3)49-32(43)16-15-29(21-42)41-35(45)24-6-4-5-22(17-24)20-40-34(44)25-18-30(47-36(46)23-7-13-28(39)14-8-23)33-31(19-25)48-38(50-33,26-9-10-26)27-11-12-27/h4-8,13-14,17,19,26-27,29-31,33,42H,9-12,15-16,18,20-21H2,1-3H3,(H,40,44)(H,41,45)/t29-,30+,31+,33-/m0/s1. The number of carbonyl (C=O) groups excluding carboxylic acids is 4. The molecule has 1 aliphatic heterocycles. The number of benzene rings is 2. The van der Waals surface area contributed by atoms with Crippen LogP contribution in [0.25, 0.3) is 0 Å². The molecule has 11 nitrogen and oxygen atoms in total. The number of aliphatic hydroxyl groups excluding tert-OH is 1. The topological polar surface area (TPSA) is 149 Å². The summed E-state index contributed by atoms with van der Waals surface area (Å²) in [6.07, 6.45) is 4.65. The van der Waals surface area contributed by atoms with Crippen molar-refractivity contribution in [2.45, 2.75) is 108 Å². The van der Waals surface area contributed by atoms with E-state index in [0.29, 0.717) is 34.1 Å². The van der Waals surface area contributed by atoms with Gasteiger partial charge in [-0.2, -0.15) is 0 Å². The maximum Gasteiger partial charge on any atom is 0.338 e. The van der Waals surface area contributed by atoms with Gasteiger partial charge in [0.2, 0.25) is 5.91 Å². The number of esters is 2. The average molecular weight is 801 g/mol. The maximum absolute atomic E-state index is 13.6. The number of ether oxygens (including phenoxy) is 4. The number of hydrogen-bond acceptors (Lipinski definition) is 9. The lowest BCUT2D eigenvalue weighted by atomic mass is 9.91. The van der Waals surface area contributed by atoms with Crippen LogP contribution in [0.4, 0.5) is 0 Å². The highest BCUT2D eigenvalue weighted by Gasteiger charge is 2.64. The zero-order valence-electron chi connectivity index (χ0n) is 28.6. The van der Waals surface area contributed by atoms with E-state index in [-0.39, 0.29) is 38.3 Å². The first-order valence-electron chi connectivity index (χ1n) is 17.4. The van der Waals surface area contributed by atoms with Crippen LogP contribution in [-0.2, 0) is 35.1 Å². The smallest absolute Gasteiger partial charge is 0.338 e. The third kappa shape index (κ3) is 8.93. The van der Waals surface area contributed by atoms with Crippen LogP contribution in [0, 0.1) is 15.4 Å². The highest BCUT2D eigenvalue weighted by Crippen LogP contribution is 2.59. The fraction of sp³-hybridized carbons (Fsp3) is 0.526. The van der Waals surface area contributed by atoms with E-state index in [4.69, 9.17) is 18.9 Å². The van der Waals surface area contributed by atoms with Gasteiger partial charge in [-0.15, -0.1) is 0 Å². The summed E-state index contributed by atoms with van der Waals surface area (Å²) in [6, 6.07) is 13.3. The first-order valence-corrected chi connectivity index (χ1v) is 18.4. The number of amides is 2. The van der Waals surface area contributed by atoms with Crippen LogP contribution in [0.5, 0.6) is 0 Å². The Hall–Kier alpha value is -3.33. The van der Waals surface area contributed by atoms with E-state index in [2.05, 4.69) is 33.2 Å². The molecule has 3 fully saturated rings. The number of rotatable bonds is 13. The Bertz CT molecular complexity index is 1620. The lowest BCUT2D eigenvalue weighted by molar-refractivity contribution is -0.209. The Balaban J connectivity index is 1.09. The van der Waals surface area contributed by atoms with Gasteiger partial charge in [0.15, 0.2) is 5.79 Å². The van der Waals surface area contributed by atoms with Gasteiger partial charge in [-0.25, -0.2) is 4.79 Å². The first-order chi connectivity index (χ1) is 23.8. The van der Waals surface area contributed by atoms with Crippen LogP contribution in [-0.4, -0.2) is 71.2 Å². The van der Waals surface area contributed by atoms with Crippen LogP contribution in [0.2, 0.25) is 0 Å². The lowest BCUT2D eigenvalue weighted by Gasteiger charge is -2.31. The Labute approximate surface area is 306 Å². The highest BCUT2D eigenvalue weighted by molar-refractivity contribution is 14.1. The third-order valence-electron chi connectivity index (χ3n) is 9.35. The third-order valence-corrected chi connectivity index (χ3v) is 10.1. The van der Waals surface area contributed by atoms with Gasteiger partial charge in [-0.05, 0) is 124 Å². The lowest BCUT2D eigenvalue weighted by Crippen LogP contribution is -2.44. The van der Waals surface area contributed by atoms with E-state index in [1.807, 2.05) is 18.2 Å². The number of nitrogens with one attached hydrogen (secondary N) is 2. The van der Waals surface area contributed by atoms with Crippen LogP contribution < -0.4 is 10.6 Å². The normalized spacial score (nSPS) is 23.2. The highest BCUT2D eigenvalue weighted by atomic mass is 127. The van der Waals surface area contributed by atoms with Gasteiger partial charge in [0.25, 0.3) is 5.91 Å². The van der Waals surface area contributed by atoms with Crippen LogP contribution in [0.15, 0.2) is 60.2 Å². The largest absolute Gasteiger partial charge is 0.460 e. The van der Waals surface area contributed by atoms with Crippen molar-refractivity contribution in [1.82, 2.24) is 10.6 Å². The zero-order valence-corrected chi connectivity index (χ0v) is 30.8. The fourth-order valence-corrected chi connectivity index (χ4v) is 7.00. The molecule has 12 heteroatoms. The summed E-state index contributed by atoms with van der Waals surface area (Å²) in [6.45, 7) is 5.15. The van der Waals surface area contributed by atoms with Gasteiger partial charge in [-0.3, -0.25) is 14.4 Å². The van der Waals surface area contributed by atoms with E-state index < -0.39 is 53.6 Å². The van der Waals surface area contributed by atoms with Gasteiger partial charge in [-0.1, -0.05) is 12.1 Å². The van der Waals surface area contributed by atoms with E-state index in [1.165, 1.54) is 0 Å². The van der Waals surface area contributed by atoms with E-state index in [1.54, 1.807) is 57.2 Å². The summed E-state index contributed by atoms with van der Waals surface area (Å²) in [5.41, 5.74) is 1.30. The Kier molecular flexibility index (Phi) is 11.0. The summed E-state index contributed by atoms with van der Waals surface area (Å²) in [5.74, 6) is -1.70. The molecule has 268 valence electrons. The molecule has 3 N–H and O–H groups in total. The van der Waals surface area contributed by atoms with Crippen LogP contribution >= 0.6 is 22.6 Å². The minimum absolute atomic E-state index is 0.0529. The van der Waals surface area contributed by atoms with Crippen molar-refractivity contribution in [3.8, 4) is 0 Å². The number of fused-ring (bicyclic) bond motifs is 1. The SMILES string of the molecule is CC(C)(C)OC(=O)CC[C@@H](CO)NC(=O)c1cccc(CNC(=O)C2=C[C@H]3OC(C4CC4)(C4CC4)O[C@H]3[C@H](OC(=O)c3ccc(I)cc3)C2)c1. The van der Waals surface area contributed by atoms with Crippen molar-refractivity contribution in [1.29, 1.82) is 0 Å². The van der Waals surface area contributed by atoms with Gasteiger partial charge in [0, 0.05) is 45.9 Å². The van der Waals surface area contributed by atoms with Crippen LogP contribution in [0.3, 0.4) is 0 Å². The average Bonchev–Trinajstić information content (AvgIpc) is 4.02. The molecular formula is C38H45IN2O9. The summed E-state index contributed by atoms with van der Waals surface area (Å²) >= 11 is 2.18. The minimum Gasteiger partial charge on any atom is -0.460 e. The van der Waals surface area contributed by atoms with Crippen LogP contribution in [0.1, 0.15) is 92.0 Å². The number of carbonyl (C=O) groups is 4. The summed E-state index contributed by atoms with van der Waals surface area (Å²) in [5, 5.41) is 15.5. The second-order valence-electron chi connectivity index (χ2n) is 14.6. The van der Waals surface area contributed by atoms with E-state index >= 15 is 0 Å². The molecule has 50 heavy (non-hydrogen) atoms. The second kappa shape index (κ2) is 15.1. The molecule has 1 heterocycles. The quantitative estimate of drug-likeness (QED) is 0.189. The predicted octanol–water partition coefficient (Wildman–Crippen LogP) is 4.98. The summed E-state index contributed by atoms with van der Waals surface area (Å²) in [4.78, 5) is 52.0. The molecule has 0 bridgehead atoms. The zero-order chi connectivity index (χ0) is 35.6. The van der Waals surface area contributed by atoms with Crippen molar-refractivity contribution in [3.05, 3.63) is 80.4 Å². The number of halogens is 1. The molecule has 4 aliphatic rings. The van der Waals surface area contributed by atoms with Crippen molar-refractivity contribution >= 4 is 46.3 Å². The molecular weight excluding hydrogens is 755 g/mol. The molecule has 0 spiro atoms. The van der Waals surface area contributed by atoms with Gasteiger partial charge < -0.3 is 34.7 Å². The fourth-order valence-electron chi connectivity index (χ4n) is 6.64. The van der Waals surface area contributed by atoms with E-state index in [9.17, 15) is 24.3 Å². The monoisotopic (exact) mass is 800 g/mol. The Morgan fingerprint density at radius 3 is 2.32 bits per heavy atom. The summed E-state index contributed by atoms with van der Waals surface area (Å²) < 4.78 is 25.7. The number of aliphatic hydroxyl groups is 1. The number of hydrogen-bond donors (Lipinski definition) is 3. The Morgan fingerprint density at radius 1 is 0.980 bits per heavy atom. The molecule has 0 aromatic heterocycles. The van der Waals surface area contributed by atoms with Crippen molar-refractivity contribution in [2.75, 3.05) is 6.61 Å². The molecule has 1 saturated heterocycles. The molecule has 3 aliphatic carbocycles. The molecule has 0 radical (unpaired) electrons. The van der Waals surface area contributed by atoms with Crippen molar-refractivity contribution < 1.29 is 43.2 Å². The molecule has 2 aromatic carbocycles. The molecule has 2 aromatic rings.